The number of nitrogens with zero attached hydrogens (tertiary/aromatic N) is 8. The van der Waals surface area contributed by atoms with Gasteiger partial charge in [0, 0.05) is 24.3 Å². The Morgan fingerprint density at radius 3 is 2.74 bits per heavy atom. The van der Waals surface area contributed by atoms with Crippen molar-refractivity contribution in [2.45, 2.75) is 13.0 Å². The zero-order valence-electron chi connectivity index (χ0n) is 21.1. The SMILES string of the molecule is COC(=O)N1CC(n2nnc(-c3ccc(C)c(NC(=O)c4cnn5cc(N6CCOCC6)ccc45)c3)n2)C1. The topological polar surface area (TPSA) is 132 Å². The van der Waals surface area contributed by atoms with Gasteiger partial charge in [-0.15, -0.1) is 10.2 Å². The Morgan fingerprint density at radius 1 is 1.13 bits per heavy atom. The summed E-state index contributed by atoms with van der Waals surface area (Å²) >= 11 is 0. The number of aryl methyl sites for hydroxylation is 1. The third-order valence-corrected chi connectivity index (χ3v) is 6.92. The lowest BCUT2D eigenvalue weighted by Gasteiger charge is -2.36. The normalized spacial score (nSPS) is 15.9. The average Bonchev–Trinajstić information content (AvgIpc) is 3.57. The quantitative estimate of drug-likeness (QED) is 0.422. The van der Waals surface area contributed by atoms with Crippen molar-refractivity contribution in [1.82, 2.24) is 34.7 Å². The first kappa shape index (κ1) is 23.9. The zero-order chi connectivity index (χ0) is 26.2. The Hall–Kier alpha value is -4.52. The minimum absolute atomic E-state index is 0.0562. The number of benzene rings is 1. The molecule has 196 valence electrons. The van der Waals surface area contributed by atoms with E-state index in [1.165, 1.54) is 11.9 Å². The zero-order valence-corrected chi connectivity index (χ0v) is 21.1. The second-order valence-electron chi connectivity index (χ2n) is 9.32. The number of anilines is 2. The van der Waals surface area contributed by atoms with Crippen LogP contribution in [-0.4, -0.2) is 93.2 Å². The summed E-state index contributed by atoms with van der Waals surface area (Å²) in [5, 5.41) is 20.2. The highest BCUT2D eigenvalue weighted by atomic mass is 16.5. The summed E-state index contributed by atoms with van der Waals surface area (Å²) in [7, 11) is 1.35. The van der Waals surface area contributed by atoms with E-state index in [1.807, 2.05) is 43.5 Å². The number of ether oxygens (including phenoxy) is 2. The minimum Gasteiger partial charge on any atom is -0.453 e. The maximum Gasteiger partial charge on any atom is 0.409 e. The number of methoxy groups -OCH3 is 1. The number of carbonyl (C=O) groups excluding carboxylic acids is 2. The molecule has 0 bridgehead atoms. The summed E-state index contributed by atoms with van der Waals surface area (Å²) in [6.45, 7) is 5.89. The van der Waals surface area contributed by atoms with E-state index < -0.39 is 0 Å². The molecule has 0 radical (unpaired) electrons. The van der Waals surface area contributed by atoms with Crippen molar-refractivity contribution in [2.24, 2.45) is 0 Å². The van der Waals surface area contributed by atoms with Gasteiger partial charge in [-0.25, -0.2) is 9.31 Å². The molecular weight excluding hydrogens is 490 g/mol. The fourth-order valence-electron chi connectivity index (χ4n) is 4.62. The van der Waals surface area contributed by atoms with Crippen molar-refractivity contribution >= 4 is 28.9 Å². The first-order valence-corrected chi connectivity index (χ1v) is 12.3. The standard InChI is InChI=1S/C25H27N9O4/c1-16-3-4-17(23-28-30-34(29-23)19-13-32(14-19)25(36)37-2)11-21(16)27-24(35)20-12-26-33-15-18(5-6-22(20)33)31-7-9-38-10-8-31/h3-6,11-12,15,19H,7-10,13-14H2,1-2H3,(H,27,35). The summed E-state index contributed by atoms with van der Waals surface area (Å²) in [6.07, 6.45) is 3.14. The Balaban J connectivity index is 1.17. The summed E-state index contributed by atoms with van der Waals surface area (Å²) in [5.41, 5.74) is 4.50. The molecule has 2 aliphatic heterocycles. The minimum atomic E-state index is -0.371. The molecule has 1 N–H and O–H groups in total. The van der Waals surface area contributed by atoms with Crippen LogP contribution in [0.2, 0.25) is 0 Å². The molecule has 0 atom stereocenters. The largest absolute Gasteiger partial charge is 0.453 e. The number of morpholine rings is 1. The molecule has 0 spiro atoms. The molecule has 6 rings (SSSR count). The van der Waals surface area contributed by atoms with Gasteiger partial charge < -0.3 is 24.6 Å². The Labute approximate surface area is 217 Å². The van der Waals surface area contributed by atoms with E-state index in [1.54, 1.807) is 15.6 Å². The van der Waals surface area contributed by atoms with Crippen molar-refractivity contribution in [3.8, 4) is 11.4 Å². The summed E-state index contributed by atoms with van der Waals surface area (Å²) in [6, 6.07) is 9.49. The Bertz CT molecular complexity index is 1500. The van der Waals surface area contributed by atoms with E-state index in [4.69, 9.17) is 9.47 Å². The van der Waals surface area contributed by atoms with Crippen LogP contribution in [0.5, 0.6) is 0 Å². The number of amides is 2. The molecule has 2 aliphatic rings. The van der Waals surface area contributed by atoms with E-state index >= 15 is 0 Å². The van der Waals surface area contributed by atoms with Crippen LogP contribution in [0.4, 0.5) is 16.2 Å². The maximum absolute atomic E-state index is 13.2. The molecule has 2 amide bonds. The molecule has 2 saturated heterocycles. The van der Waals surface area contributed by atoms with Crippen molar-refractivity contribution < 1.29 is 19.1 Å². The van der Waals surface area contributed by atoms with Gasteiger partial charge in [0.05, 0.1) is 62.6 Å². The van der Waals surface area contributed by atoms with Crippen LogP contribution >= 0.6 is 0 Å². The average molecular weight is 518 g/mol. The number of aromatic nitrogens is 6. The van der Waals surface area contributed by atoms with E-state index in [2.05, 4.69) is 30.7 Å². The van der Waals surface area contributed by atoms with E-state index in [-0.39, 0.29) is 18.0 Å². The van der Waals surface area contributed by atoms with E-state index in [9.17, 15) is 9.59 Å². The van der Waals surface area contributed by atoms with E-state index in [0.717, 1.165) is 35.4 Å². The van der Waals surface area contributed by atoms with Gasteiger partial charge >= 0.3 is 6.09 Å². The van der Waals surface area contributed by atoms with Crippen molar-refractivity contribution in [3.05, 3.63) is 53.9 Å². The molecular formula is C25H27N9O4. The third-order valence-electron chi connectivity index (χ3n) is 6.92. The second kappa shape index (κ2) is 9.74. The predicted octanol–water partition coefficient (Wildman–Crippen LogP) is 2.01. The van der Waals surface area contributed by atoms with Crippen LogP contribution in [-0.2, 0) is 9.47 Å². The lowest BCUT2D eigenvalue weighted by Crippen LogP contribution is -2.51. The van der Waals surface area contributed by atoms with Gasteiger partial charge in [0.1, 0.15) is 6.04 Å². The summed E-state index contributed by atoms with van der Waals surface area (Å²) < 4.78 is 11.9. The van der Waals surface area contributed by atoms with Crippen molar-refractivity contribution in [1.29, 1.82) is 0 Å². The van der Waals surface area contributed by atoms with E-state index in [0.29, 0.717) is 43.4 Å². The molecule has 5 heterocycles. The highest BCUT2D eigenvalue weighted by Crippen LogP contribution is 2.26. The molecule has 13 heteroatoms. The van der Waals surface area contributed by atoms with Crippen LogP contribution in [0.1, 0.15) is 22.0 Å². The van der Waals surface area contributed by atoms with Crippen molar-refractivity contribution in [2.75, 3.05) is 56.7 Å². The second-order valence-corrected chi connectivity index (χ2v) is 9.32. The summed E-state index contributed by atoms with van der Waals surface area (Å²) in [4.78, 5) is 30.1. The van der Waals surface area contributed by atoms with Crippen LogP contribution in [0.3, 0.4) is 0 Å². The molecule has 13 nitrogen and oxygen atoms in total. The van der Waals surface area contributed by atoms with Gasteiger partial charge in [0.15, 0.2) is 0 Å². The Morgan fingerprint density at radius 2 is 1.95 bits per heavy atom. The molecule has 0 unspecified atom stereocenters. The van der Waals surface area contributed by atoms with Crippen LogP contribution in [0.15, 0.2) is 42.7 Å². The van der Waals surface area contributed by atoms with Crippen LogP contribution < -0.4 is 10.2 Å². The predicted molar refractivity (Wildman–Crippen MR) is 137 cm³/mol. The number of nitrogens with one attached hydrogen (secondary N) is 1. The van der Waals surface area contributed by atoms with Gasteiger partial charge in [-0.1, -0.05) is 12.1 Å². The van der Waals surface area contributed by atoms with Gasteiger partial charge in [0.2, 0.25) is 5.82 Å². The van der Waals surface area contributed by atoms with Gasteiger partial charge in [-0.05, 0) is 35.9 Å². The molecule has 38 heavy (non-hydrogen) atoms. The Kier molecular flexibility index (Phi) is 6.12. The number of rotatable bonds is 5. The lowest BCUT2D eigenvalue weighted by atomic mass is 10.1. The number of likely N-dealkylation sites (tertiary alicyclic amines) is 1. The molecule has 3 aromatic heterocycles. The van der Waals surface area contributed by atoms with Gasteiger partial charge in [-0.3, -0.25) is 4.79 Å². The number of fused-ring (bicyclic) bond motifs is 1. The molecule has 1 aromatic carbocycles. The molecule has 2 fully saturated rings. The highest BCUT2D eigenvalue weighted by Gasteiger charge is 2.34. The fraction of sp³-hybridized carbons (Fsp3) is 0.360. The smallest absolute Gasteiger partial charge is 0.409 e. The monoisotopic (exact) mass is 517 g/mol. The molecule has 4 aromatic rings. The van der Waals surface area contributed by atoms with Crippen LogP contribution in [0, 0.1) is 6.92 Å². The first-order valence-electron chi connectivity index (χ1n) is 12.3. The molecule has 0 aliphatic carbocycles. The van der Waals surface area contributed by atoms with Crippen molar-refractivity contribution in [3.63, 3.8) is 0 Å². The number of tetrazole rings is 1. The van der Waals surface area contributed by atoms with Gasteiger partial charge in [-0.2, -0.15) is 9.90 Å². The number of hydrogen-bond donors (Lipinski definition) is 1. The van der Waals surface area contributed by atoms with Crippen LogP contribution in [0.25, 0.3) is 16.9 Å². The fourth-order valence-corrected chi connectivity index (χ4v) is 4.62. The molecule has 0 saturated carbocycles. The number of hydrogen-bond acceptors (Lipinski definition) is 9. The third kappa shape index (κ3) is 4.41. The number of carbonyl (C=O) groups is 2. The van der Waals surface area contributed by atoms with Gasteiger partial charge in [0.25, 0.3) is 5.91 Å². The maximum atomic E-state index is 13.2. The lowest BCUT2D eigenvalue weighted by molar-refractivity contribution is 0.0621. The number of pyridine rings is 1. The summed E-state index contributed by atoms with van der Waals surface area (Å²) in [5.74, 6) is 0.178. The highest BCUT2D eigenvalue weighted by molar-refractivity contribution is 6.09. The first-order chi connectivity index (χ1) is 18.5.